The molecule has 3 fully saturated rings. The first kappa shape index (κ1) is 12.9. The third-order valence-electron chi connectivity index (χ3n) is 4.81. The van der Waals surface area contributed by atoms with Gasteiger partial charge >= 0.3 is 0 Å². The molecule has 3 aliphatic rings. The van der Waals surface area contributed by atoms with Gasteiger partial charge in [-0.2, -0.15) is 0 Å². The van der Waals surface area contributed by atoms with Crippen LogP contribution in [-0.2, 0) is 4.74 Å². The van der Waals surface area contributed by atoms with E-state index >= 15 is 0 Å². The van der Waals surface area contributed by atoms with E-state index in [4.69, 9.17) is 4.74 Å². The monoisotopic (exact) mass is 252 g/mol. The predicted molar refractivity (Wildman–Crippen MR) is 73.8 cm³/mol. The van der Waals surface area contributed by atoms with Gasteiger partial charge in [0.1, 0.15) is 0 Å². The van der Waals surface area contributed by atoms with Crippen molar-refractivity contribution in [3.63, 3.8) is 0 Å². The van der Waals surface area contributed by atoms with E-state index in [2.05, 4.69) is 31.0 Å². The Kier molecular flexibility index (Phi) is 3.41. The van der Waals surface area contributed by atoms with Crippen molar-refractivity contribution in [2.75, 3.05) is 13.2 Å². The summed E-state index contributed by atoms with van der Waals surface area (Å²) in [6.45, 7) is 9.01. The molecular weight excluding hydrogens is 224 g/mol. The van der Waals surface area contributed by atoms with E-state index in [-0.39, 0.29) is 5.60 Å². The van der Waals surface area contributed by atoms with Crippen LogP contribution in [0.25, 0.3) is 0 Å². The zero-order valence-electron chi connectivity index (χ0n) is 12.1. The lowest BCUT2D eigenvalue weighted by Gasteiger charge is -2.37. The van der Waals surface area contributed by atoms with Crippen molar-refractivity contribution in [1.82, 2.24) is 10.2 Å². The number of hydrogen-bond donors (Lipinski definition) is 1. The largest absolute Gasteiger partial charge is 0.375 e. The summed E-state index contributed by atoms with van der Waals surface area (Å²) in [4.78, 5) is 2.72. The lowest BCUT2D eigenvalue weighted by molar-refractivity contribution is -0.0640. The molecule has 0 aromatic rings. The fraction of sp³-hybridized carbons (Fsp3) is 1.00. The van der Waals surface area contributed by atoms with Gasteiger partial charge in [0, 0.05) is 37.3 Å². The van der Waals surface area contributed by atoms with Crippen molar-refractivity contribution in [3.8, 4) is 0 Å². The Balaban J connectivity index is 1.51. The molecule has 3 nitrogen and oxygen atoms in total. The smallest absolute Gasteiger partial charge is 0.0641 e. The lowest BCUT2D eigenvalue weighted by Crippen LogP contribution is -2.48. The molecule has 0 aromatic carbocycles. The molecule has 0 radical (unpaired) electrons. The molecule has 2 aliphatic heterocycles. The van der Waals surface area contributed by atoms with Gasteiger partial charge in [0.2, 0.25) is 0 Å². The van der Waals surface area contributed by atoms with Gasteiger partial charge in [-0.05, 0) is 52.9 Å². The van der Waals surface area contributed by atoms with E-state index in [1.54, 1.807) is 0 Å². The van der Waals surface area contributed by atoms with Crippen LogP contribution in [-0.4, -0.2) is 47.8 Å². The van der Waals surface area contributed by atoms with Gasteiger partial charge < -0.3 is 10.1 Å². The summed E-state index contributed by atoms with van der Waals surface area (Å²) in [5, 5.41) is 3.89. The first-order chi connectivity index (χ1) is 8.53. The van der Waals surface area contributed by atoms with Crippen molar-refractivity contribution in [2.45, 2.75) is 82.6 Å². The first-order valence-electron chi connectivity index (χ1n) is 7.69. The quantitative estimate of drug-likeness (QED) is 0.833. The average molecular weight is 252 g/mol. The SMILES string of the molecule is CC1CC(NC2CCOC(C)(C)C2)CN1C1CC1. The molecule has 2 saturated heterocycles. The van der Waals surface area contributed by atoms with Crippen LogP contribution in [0.1, 0.15) is 52.9 Å². The summed E-state index contributed by atoms with van der Waals surface area (Å²) in [5.41, 5.74) is 0.0658. The highest BCUT2D eigenvalue weighted by atomic mass is 16.5. The number of nitrogens with one attached hydrogen (secondary N) is 1. The van der Waals surface area contributed by atoms with Gasteiger partial charge in [-0.15, -0.1) is 0 Å². The zero-order chi connectivity index (χ0) is 12.8. The maximum Gasteiger partial charge on any atom is 0.0641 e. The molecule has 3 unspecified atom stereocenters. The number of nitrogens with zero attached hydrogens (tertiary/aromatic N) is 1. The number of likely N-dealkylation sites (tertiary alicyclic amines) is 1. The van der Waals surface area contributed by atoms with Gasteiger partial charge in [0.05, 0.1) is 5.60 Å². The second kappa shape index (κ2) is 4.77. The van der Waals surface area contributed by atoms with Crippen molar-refractivity contribution >= 4 is 0 Å². The van der Waals surface area contributed by atoms with Crippen LogP contribution >= 0.6 is 0 Å². The van der Waals surface area contributed by atoms with Crippen LogP contribution in [0.4, 0.5) is 0 Å². The Hall–Kier alpha value is -0.120. The molecule has 3 heteroatoms. The molecule has 0 spiro atoms. The first-order valence-corrected chi connectivity index (χ1v) is 7.69. The summed E-state index contributed by atoms with van der Waals surface area (Å²) in [6.07, 6.45) is 6.52. The second-order valence-corrected chi connectivity index (χ2v) is 7.17. The molecule has 0 amide bonds. The van der Waals surface area contributed by atoms with Crippen LogP contribution in [0, 0.1) is 0 Å². The van der Waals surface area contributed by atoms with Gasteiger partial charge in [0.25, 0.3) is 0 Å². The minimum atomic E-state index is 0.0658. The van der Waals surface area contributed by atoms with E-state index in [0.717, 1.165) is 25.1 Å². The van der Waals surface area contributed by atoms with Crippen molar-refractivity contribution in [1.29, 1.82) is 0 Å². The van der Waals surface area contributed by atoms with Crippen molar-refractivity contribution in [3.05, 3.63) is 0 Å². The molecule has 2 heterocycles. The Bertz CT molecular complexity index is 301. The van der Waals surface area contributed by atoms with Gasteiger partial charge in [-0.25, -0.2) is 0 Å². The Labute approximate surface area is 111 Å². The van der Waals surface area contributed by atoms with E-state index in [0.29, 0.717) is 12.1 Å². The maximum atomic E-state index is 5.80. The highest BCUT2D eigenvalue weighted by Gasteiger charge is 2.40. The van der Waals surface area contributed by atoms with Gasteiger partial charge in [-0.3, -0.25) is 4.90 Å². The summed E-state index contributed by atoms with van der Waals surface area (Å²) in [5.74, 6) is 0. The summed E-state index contributed by atoms with van der Waals surface area (Å²) < 4.78 is 5.80. The topological polar surface area (TPSA) is 24.5 Å². The normalized spacial score (nSPS) is 41.2. The van der Waals surface area contributed by atoms with Crippen LogP contribution in [0.2, 0.25) is 0 Å². The standard InChI is InChI=1S/C15H28N2O/c1-11-8-13(10-17(11)14-4-5-14)16-12-6-7-18-15(2,3)9-12/h11-14,16H,4-10H2,1-3H3. The Morgan fingerprint density at radius 2 is 1.94 bits per heavy atom. The number of rotatable bonds is 3. The molecule has 1 aliphatic carbocycles. The summed E-state index contributed by atoms with van der Waals surface area (Å²) in [6, 6.07) is 3.06. The molecule has 3 rings (SSSR count). The Morgan fingerprint density at radius 3 is 2.61 bits per heavy atom. The highest BCUT2D eigenvalue weighted by Crippen LogP contribution is 2.34. The van der Waals surface area contributed by atoms with Crippen LogP contribution in [0.3, 0.4) is 0 Å². The molecule has 104 valence electrons. The van der Waals surface area contributed by atoms with Crippen LogP contribution in [0.15, 0.2) is 0 Å². The van der Waals surface area contributed by atoms with E-state index < -0.39 is 0 Å². The van der Waals surface area contributed by atoms with Crippen molar-refractivity contribution < 1.29 is 4.74 Å². The summed E-state index contributed by atoms with van der Waals surface area (Å²) >= 11 is 0. The number of ether oxygens (including phenoxy) is 1. The molecular formula is C15H28N2O. The van der Waals surface area contributed by atoms with E-state index in [1.807, 2.05) is 0 Å². The summed E-state index contributed by atoms with van der Waals surface area (Å²) in [7, 11) is 0. The molecule has 0 bridgehead atoms. The van der Waals surface area contributed by atoms with E-state index in [9.17, 15) is 0 Å². The van der Waals surface area contributed by atoms with Crippen LogP contribution in [0.5, 0.6) is 0 Å². The molecule has 1 N–H and O–H groups in total. The molecule has 18 heavy (non-hydrogen) atoms. The predicted octanol–water partition coefficient (Wildman–Crippen LogP) is 2.16. The van der Waals surface area contributed by atoms with Gasteiger partial charge in [0.15, 0.2) is 0 Å². The van der Waals surface area contributed by atoms with Crippen LogP contribution < -0.4 is 5.32 Å². The zero-order valence-corrected chi connectivity index (χ0v) is 12.1. The highest BCUT2D eigenvalue weighted by molar-refractivity contribution is 4.97. The molecule has 1 saturated carbocycles. The maximum absolute atomic E-state index is 5.80. The second-order valence-electron chi connectivity index (χ2n) is 7.17. The average Bonchev–Trinajstić information content (AvgIpc) is 3.03. The van der Waals surface area contributed by atoms with Gasteiger partial charge in [-0.1, -0.05) is 0 Å². The van der Waals surface area contributed by atoms with Crippen molar-refractivity contribution in [2.24, 2.45) is 0 Å². The number of hydrogen-bond acceptors (Lipinski definition) is 3. The molecule has 0 aromatic heterocycles. The third-order valence-corrected chi connectivity index (χ3v) is 4.81. The fourth-order valence-electron chi connectivity index (χ4n) is 3.80. The minimum absolute atomic E-state index is 0.0658. The fourth-order valence-corrected chi connectivity index (χ4v) is 3.80. The molecule has 3 atom stereocenters. The van der Waals surface area contributed by atoms with E-state index in [1.165, 1.54) is 32.2 Å². The third kappa shape index (κ3) is 2.89. The lowest BCUT2D eigenvalue weighted by atomic mass is 9.93. The Morgan fingerprint density at radius 1 is 1.17 bits per heavy atom. The minimum Gasteiger partial charge on any atom is -0.375 e.